The zero-order chi connectivity index (χ0) is 16.3. The van der Waals surface area contributed by atoms with Crippen LogP contribution in [0.2, 0.25) is 0 Å². The molecule has 126 valence electrons. The van der Waals surface area contributed by atoms with Crippen LogP contribution in [0.3, 0.4) is 0 Å². The van der Waals surface area contributed by atoms with Crippen molar-refractivity contribution in [3.05, 3.63) is 0 Å². The summed E-state index contributed by atoms with van der Waals surface area (Å²) in [7, 11) is 0. The van der Waals surface area contributed by atoms with Gasteiger partial charge in [0.2, 0.25) is 11.8 Å². The Morgan fingerprint density at radius 1 is 1.14 bits per heavy atom. The Morgan fingerprint density at radius 2 is 1.77 bits per heavy atom. The van der Waals surface area contributed by atoms with Crippen LogP contribution in [-0.4, -0.2) is 41.9 Å². The summed E-state index contributed by atoms with van der Waals surface area (Å²) >= 11 is 0. The zero-order valence-electron chi connectivity index (χ0n) is 14.2. The first-order valence-corrected chi connectivity index (χ1v) is 8.74. The van der Waals surface area contributed by atoms with E-state index in [1.54, 1.807) is 0 Å². The Labute approximate surface area is 134 Å². The van der Waals surface area contributed by atoms with Crippen molar-refractivity contribution in [2.75, 3.05) is 13.1 Å². The van der Waals surface area contributed by atoms with Gasteiger partial charge in [0.25, 0.3) is 0 Å². The molecule has 3 N–H and O–H groups in total. The molecule has 0 radical (unpaired) electrons. The molecule has 2 aliphatic rings. The Morgan fingerprint density at radius 3 is 2.36 bits per heavy atom. The number of primary amides is 1. The molecule has 0 aromatic rings. The lowest BCUT2D eigenvalue weighted by Gasteiger charge is -2.38. The van der Waals surface area contributed by atoms with Crippen LogP contribution in [-0.2, 0) is 9.59 Å². The van der Waals surface area contributed by atoms with Crippen molar-refractivity contribution in [3.8, 4) is 0 Å². The maximum absolute atomic E-state index is 12.5. The number of carbonyl (C=O) groups excluding carboxylic acids is 2. The largest absolute Gasteiger partial charge is 0.369 e. The molecule has 1 saturated carbocycles. The van der Waals surface area contributed by atoms with Gasteiger partial charge in [-0.05, 0) is 51.1 Å². The van der Waals surface area contributed by atoms with Crippen LogP contribution in [0, 0.1) is 17.8 Å². The number of rotatable bonds is 4. The summed E-state index contributed by atoms with van der Waals surface area (Å²) in [6, 6.07) is 0.181. The van der Waals surface area contributed by atoms with Crippen LogP contribution in [0.15, 0.2) is 0 Å². The first kappa shape index (κ1) is 17.3. The smallest absolute Gasteiger partial charge is 0.237 e. The fraction of sp³-hybridized carbons (Fsp3) is 0.882. The van der Waals surface area contributed by atoms with Gasteiger partial charge in [0.1, 0.15) is 0 Å². The SMILES string of the molecule is CC1CCCC(NC(=O)C(C)N2CCC(C(N)=O)CC2)C1C. The number of nitrogens with one attached hydrogen (secondary N) is 1. The van der Waals surface area contributed by atoms with E-state index in [0.29, 0.717) is 17.9 Å². The molecule has 2 rings (SSSR count). The number of likely N-dealkylation sites (tertiary alicyclic amines) is 1. The van der Waals surface area contributed by atoms with E-state index in [1.807, 2.05) is 6.92 Å². The predicted octanol–water partition coefficient (Wildman–Crippen LogP) is 1.51. The van der Waals surface area contributed by atoms with Gasteiger partial charge in [0.05, 0.1) is 6.04 Å². The number of amides is 2. The van der Waals surface area contributed by atoms with Crippen molar-refractivity contribution in [1.82, 2.24) is 10.2 Å². The molecule has 1 aliphatic carbocycles. The average molecular weight is 309 g/mol. The molecule has 22 heavy (non-hydrogen) atoms. The van der Waals surface area contributed by atoms with Crippen LogP contribution in [0.5, 0.6) is 0 Å². The fourth-order valence-corrected chi connectivity index (χ4v) is 3.83. The molecule has 1 heterocycles. The van der Waals surface area contributed by atoms with E-state index in [-0.39, 0.29) is 23.8 Å². The summed E-state index contributed by atoms with van der Waals surface area (Å²) in [5, 5.41) is 3.26. The molecule has 4 unspecified atom stereocenters. The quantitative estimate of drug-likeness (QED) is 0.826. The lowest BCUT2D eigenvalue weighted by atomic mass is 9.78. The summed E-state index contributed by atoms with van der Waals surface area (Å²) in [6.45, 7) is 8.05. The standard InChI is InChI=1S/C17H31N3O2/c1-11-5-4-6-15(12(11)2)19-17(22)13(3)20-9-7-14(8-10-20)16(18)21/h11-15H,4-10H2,1-3H3,(H2,18,21)(H,19,22). The van der Waals surface area contributed by atoms with Crippen molar-refractivity contribution in [1.29, 1.82) is 0 Å². The second-order valence-corrected chi connectivity index (χ2v) is 7.27. The molecular formula is C17H31N3O2. The molecule has 5 nitrogen and oxygen atoms in total. The lowest BCUT2D eigenvalue weighted by Crippen LogP contribution is -2.53. The minimum atomic E-state index is -0.207. The van der Waals surface area contributed by atoms with Gasteiger partial charge in [-0.3, -0.25) is 14.5 Å². The van der Waals surface area contributed by atoms with Gasteiger partial charge in [0.15, 0.2) is 0 Å². The number of hydrogen-bond donors (Lipinski definition) is 2. The Bertz CT molecular complexity index is 405. The molecule has 0 aromatic heterocycles. The second kappa shape index (κ2) is 7.44. The molecule has 2 amide bonds. The van der Waals surface area contributed by atoms with E-state index in [9.17, 15) is 9.59 Å². The topological polar surface area (TPSA) is 75.4 Å². The van der Waals surface area contributed by atoms with Gasteiger partial charge < -0.3 is 11.1 Å². The number of nitrogens with zero attached hydrogens (tertiary/aromatic N) is 1. The van der Waals surface area contributed by atoms with Crippen molar-refractivity contribution < 1.29 is 9.59 Å². The molecule has 1 saturated heterocycles. The first-order chi connectivity index (χ1) is 10.4. The fourth-order valence-electron chi connectivity index (χ4n) is 3.83. The molecule has 5 heteroatoms. The normalized spacial score (nSPS) is 32.4. The Kier molecular flexibility index (Phi) is 5.84. The van der Waals surface area contributed by atoms with Gasteiger partial charge in [-0.1, -0.05) is 26.7 Å². The summed E-state index contributed by atoms with van der Waals surface area (Å²) in [4.78, 5) is 25.9. The summed E-state index contributed by atoms with van der Waals surface area (Å²) in [6.07, 6.45) is 5.10. The van der Waals surface area contributed by atoms with Gasteiger partial charge in [-0.2, -0.15) is 0 Å². The van der Waals surface area contributed by atoms with Crippen molar-refractivity contribution >= 4 is 11.8 Å². The van der Waals surface area contributed by atoms with Crippen LogP contribution >= 0.6 is 0 Å². The lowest BCUT2D eigenvalue weighted by molar-refractivity contribution is -0.128. The highest BCUT2D eigenvalue weighted by molar-refractivity contribution is 5.81. The molecule has 4 atom stereocenters. The molecule has 0 aromatic carbocycles. The minimum Gasteiger partial charge on any atom is -0.369 e. The highest BCUT2D eigenvalue weighted by atomic mass is 16.2. The summed E-state index contributed by atoms with van der Waals surface area (Å²) in [5.41, 5.74) is 5.36. The third kappa shape index (κ3) is 4.00. The maximum Gasteiger partial charge on any atom is 0.237 e. The molecule has 2 fully saturated rings. The van der Waals surface area contributed by atoms with E-state index in [4.69, 9.17) is 5.73 Å². The predicted molar refractivity (Wildman–Crippen MR) is 87.1 cm³/mol. The molecular weight excluding hydrogens is 278 g/mol. The molecule has 0 spiro atoms. The highest BCUT2D eigenvalue weighted by Gasteiger charge is 2.32. The highest BCUT2D eigenvalue weighted by Crippen LogP contribution is 2.29. The third-order valence-electron chi connectivity index (χ3n) is 5.89. The Hall–Kier alpha value is -1.10. The van der Waals surface area contributed by atoms with E-state index < -0.39 is 0 Å². The first-order valence-electron chi connectivity index (χ1n) is 8.74. The number of hydrogen-bond acceptors (Lipinski definition) is 3. The van der Waals surface area contributed by atoms with Gasteiger partial charge in [0, 0.05) is 12.0 Å². The number of carbonyl (C=O) groups is 2. The van der Waals surface area contributed by atoms with Crippen LogP contribution < -0.4 is 11.1 Å². The molecule has 1 aliphatic heterocycles. The van der Waals surface area contributed by atoms with E-state index in [1.165, 1.54) is 12.8 Å². The second-order valence-electron chi connectivity index (χ2n) is 7.27. The summed E-state index contributed by atoms with van der Waals surface area (Å²) in [5.74, 6) is 1.13. The number of nitrogens with two attached hydrogens (primary N) is 1. The molecule has 0 bridgehead atoms. The van der Waals surface area contributed by atoms with Crippen LogP contribution in [0.1, 0.15) is 52.9 Å². The van der Waals surface area contributed by atoms with Crippen LogP contribution in [0.4, 0.5) is 0 Å². The van der Waals surface area contributed by atoms with E-state index in [2.05, 4.69) is 24.1 Å². The van der Waals surface area contributed by atoms with Crippen LogP contribution in [0.25, 0.3) is 0 Å². The summed E-state index contributed by atoms with van der Waals surface area (Å²) < 4.78 is 0. The third-order valence-corrected chi connectivity index (χ3v) is 5.89. The van der Waals surface area contributed by atoms with E-state index in [0.717, 1.165) is 32.4 Å². The van der Waals surface area contributed by atoms with Gasteiger partial charge in [-0.25, -0.2) is 0 Å². The maximum atomic E-state index is 12.5. The van der Waals surface area contributed by atoms with Crippen molar-refractivity contribution in [2.45, 2.75) is 65.0 Å². The van der Waals surface area contributed by atoms with Crippen molar-refractivity contribution in [2.24, 2.45) is 23.5 Å². The number of piperidine rings is 1. The van der Waals surface area contributed by atoms with E-state index >= 15 is 0 Å². The Balaban J connectivity index is 1.83. The van der Waals surface area contributed by atoms with Gasteiger partial charge in [-0.15, -0.1) is 0 Å². The zero-order valence-corrected chi connectivity index (χ0v) is 14.2. The van der Waals surface area contributed by atoms with Gasteiger partial charge >= 0.3 is 0 Å². The monoisotopic (exact) mass is 309 g/mol. The minimum absolute atomic E-state index is 0.0225. The average Bonchev–Trinajstić information content (AvgIpc) is 2.51. The van der Waals surface area contributed by atoms with Crippen molar-refractivity contribution in [3.63, 3.8) is 0 Å².